The van der Waals surface area contributed by atoms with Gasteiger partial charge in [-0.3, -0.25) is 10.2 Å². The molecule has 3 aliphatic heterocycles. The van der Waals surface area contributed by atoms with Crippen LogP contribution in [0.3, 0.4) is 0 Å². The molecule has 2 aromatic heterocycles. The maximum Gasteiger partial charge on any atom is 0.416 e. The molecule has 216 valence electrons. The molecule has 1 N–H and O–H groups in total. The number of hydrogen-bond donors (Lipinski definition) is 1. The maximum atomic E-state index is 13.6. The number of pyridine rings is 1. The molecule has 10 nitrogen and oxygen atoms in total. The number of anilines is 3. The van der Waals surface area contributed by atoms with Crippen LogP contribution in [0.1, 0.15) is 31.5 Å². The Kier molecular flexibility index (Phi) is 6.73. The zero-order chi connectivity index (χ0) is 28.9. The van der Waals surface area contributed by atoms with Crippen LogP contribution < -0.4 is 19.9 Å². The van der Waals surface area contributed by atoms with Crippen molar-refractivity contribution in [2.75, 3.05) is 41.4 Å². The van der Waals surface area contributed by atoms with E-state index in [9.17, 15) is 18.0 Å². The number of rotatable bonds is 5. The second-order valence-corrected chi connectivity index (χ2v) is 10.7. The summed E-state index contributed by atoms with van der Waals surface area (Å²) in [5, 5.41) is 2.83. The van der Waals surface area contributed by atoms with E-state index in [1.165, 1.54) is 18.3 Å². The number of benzene rings is 1. The topological polar surface area (TPSA) is 102 Å². The van der Waals surface area contributed by atoms with Crippen LogP contribution >= 0.6 is 0 Å². The van der Waals surface area contributed by atoms with Gasteiger partial charge in [-0.1, -0.05) is 12.1 Å². The van der Waals surface area contributed by atoms with Crippen LogP contribution in [-0.2, 0) is 15.7 Å². The van der Waals surface area contributed by atoms with Crippen LogP contribution in [0.2, 0.25) is 0 Å². The average molecular weight is 571 g/mol. The fraction of sp³-hybridized carbons (Fsp3) is 0.429. The van der Waals surface area contributed by atoms with Gasteiger partial charge in [0.2, 0.25) is 0 Å². The fourth-order valence-corrected chi connectivity index (χ4v) is 5.39. The van der Waals surface area contributed by atoms with E-state index in [0.717, 1.165) is 12.1 Å². The average Bonchev–Trinajstić information content (AvgIpc) is 3.50. The minimum Gasteiger partial charge on any atom is -0.489 e. The van der Waals surface area contributed by atoms with Gasteiger partial charge in [-0.2, -0.15) is 13.2 Å². The highest BCUT2D eigenvalue weighted by molar-refractivity contribution is 6.04. The van der Waals surface area contributed by atoms with Gasteiger partial charge in [0.25, 0.3) is 0 Å². The number of halogens is 3. The Balaban J connectivity index is 1.22. The molecule has 2 saturated heterocycles. The van der Waals surface area contributed by atoms with E-state index in [0.29, 0.717) is 61.5 Å². The van der Waals surface area contributed by atoms with Crippen molar-refractivity contribution >= 4 is 23.4 Å². The predicted molar refractivity (Wildman–Crippen MR) is 144 cm³/mol. The molecular formula is C28H29F3N6O4. The lowest BCUT2D eigenvalue weighted by Gasteiger charge is -2.36. The number of nitrogens with zero attached hydrogens (tertiary/aromatic N) is 5. The normalized spacial score (nSPS) is 21.1. The van der Waals surface area contributed by atoms with Crippen LogP contribution in [0.5, 0.6) is 5.75 Å². The van der Waals surface area contributed by atoms with E-state index >= 15 is 0 Å². The first-order valence-electron chi connectivity index (χ1n) is 13.3. The molecular weight excluding hydrogens is 541 g/mol. The van der Waals surface area contributed by atoms with Crippen molar-refractivity contribution < 1.29 is 32.2 Å². The molecule has 2 amide bonds. The van der Waals surface area contributed by atoms with Crippen molar-refractivity contribution in [2.45, 2.75) is 51.3 Å². The fourth-order valence-electron chi connectivity index (χ4n) is 5.39. The number of fused-ring (bicyclic) bond motifs is 4. The van der Waals surface area contributed by atoms with Gasteiger partial charge in [0.1, 0.15) is 30.0 Å². The molecule has 1 unspecified atom stereocenters. The van der Waals surface area contributed by atoms with Crippen molar-refractivity contribution in [1.29, 1.82) is 0 Å². The second-order valence-electron chi connectivity index (χ2n) is 10.7. The number of carbonyl (C=O) groups is 1. The molecule has 13 heteroatoms. The van der Waals surface area contributed by atoms with Crippen molar-refractivity contribution in [3.63, 3.8) is 0 Å². The molecule has 0 spiro atoms. The molecule has 41 heavy (non-hydrogen) atoms. The van der Waals surface area contributed by atoms with Gasteiger partial charge < -0.3 is 19.1 Å². The summed E-state index contributed by atoms with van der Waals surface area (Å²) in [4.78, 5) is 30.7. The first-order valence-corrected chi connectivity index (χ1v) is 13.3. The van der Waals surface area contributed by atoms with Gasteiger partial charge in [0.05, 0.1) is 30.1 Å². The van der Waals surface area contributed by atoms with Crippen molar-refractivity contribution in [3.05, 3.63) is 53.9 Å². The second kappa shape index (κ2) is 10.1. The highest BCUT2D eigenvalue weighted by Crippen LogP contribution is 2.42. The van der Waals surface area contributed by atoms with Crippen LogP contribution in [0.4, 0.5) is 35.3 Å². The first-order chi connectivity index (χ1) is 19.5. The molecule has 2 bridgehead atoms. The van der Waals surface area contributed by atoms with E-state index in [2.05, 4.69) is 25.2 Å². The summed E-state index contributed by atoms with van der Waals surface area (Å²) in [6.07, 6.45) is -2.47. The minimum atomic E-state index is -4.50. The third kappa shape index (κ3) is 5.51. The van der Waals surface area contributed by atoms with Crippen LogP contribution in [0.15, 0.2) is 42.6 Å². The molecule has 3 aliphatic rings. The molecule has 0 aliphatic carbocycles. The van der Waals surface area contributed by atoms with Gasteiger partial charge in [0.15, 0.2) is 17.4 Å². The number of amides is 2. The summed E-state index contributed by atoms with van der Waals surface area (Å²) in [6.45, 7) is 7.51. The van der Waals surface area contributed by atoms with E-state index in [-0.39, 0.29) is 23.5 Å². The third-order valence-corrected chi connectivity index (χ3v) is 7.25. The monoisotopic (exact) mass is 570 g/mol. The number of hydrogen-bond acceptors (Lipinski definition) is 8. The Morgan fingerprint density at radius 1 is 1.22 bits per heavy atom. The number of aryl methyl sites for hydroxylation is 1. The number of ether oxygens (including phenoxy) is 3. The van der Waals surface area contributed by atoms with E-state index in [4.69, 9.17) is 14.2 Å². The smallest absolute Gasteiger partial charge is 0.416 e. The first kappa shape index (κ1) is 27.2. The molecule has 0 radical (unpaired) electrons. The van der Waals surface area contributed by atoms with Crippen molar-refractivity contribution in [2.24, 2.45) is 0 Å². The molecule has 2 atom stereocenters. The van der Waals surface area contributed by atoms with Crippen LogP contribution in [0.25, 0.3) is 11.4 Å². The molecule has 2 fully saturated rings. The molecule has 3 aromatic rings. The van der Waals surface area contributed by atoms with E-state index in [1.54, 1.807) is 24.0 Å². The number of nitrogens with one attached hydrogen (secondary N) is 1. The number of aromatic nitrogens is 3. The predicted octanol–water partition coefficient (Wildman–Crippen LogP) is 5.03. The van der Waals surface area contributed by atoms with E-state index < -0.39 is 23.6 Å². The lowest BCUT2D eigenvalue weighted by molar-refractivity contribution is -0.141. The molecule has 0 saturated carbocycles. The molecule has 1 aromatic carbocycles. The maximum absolute atomic E-state index is 13.6. The van der Waals surface area contributed by atoms with Gasteiger partial charge in [-0.05, 0) is 51.5 Å². The summed E-state index contributed by atoms with van der Waals surface area (Å²) in [6, 6.07) is 7.60. The summed E-state index contributed by atoms with van der Waals surface area (Å²) in [5.41, 5.74) is 0.705. The zero-order valence-corrected chi connectivity index (χ0v) is 22.7. The Bertz CT molecular complexity index is 1470. The van der Waals surface area contributed by atoms with Crippen LogP contribution in [0, 0.1) is 6.92 Å². The number of urea groups is 1. The quantitative estimate of drug-likeness (QED) is 0.456. The van der Waals surface area contributed by atoms with Gasteiger partial charge >= 0.3 is 12.2 Å². The molecule has 6 rings (SSSR count). The minimum absolute atomic E-state index is 0.118. The number of carbonyl (C=O) groups excluding carboxylic acids is 1. The highest BCUT2D eigenvalue weighted by atomic mass is 19.4. The Morgan fingerprint density at radius 3 is 2.76 bits per heavy atom. The Morgan fingerprint density at radius 2 is 2.05 bits per heavy atom. The lowest BCUT2D eigenvalue weighted by atomic mass is 10.1. The van der Waals surface area contributed by atoms with Gasteiger partial charge in [0, 0.05) is 18.7 Å². The molecule has 5 heterocycles. The SMILES string of the molecule is Cc1nc(-c2cccc(C(F)(F)F)c2)nc2c1N1CCC(C1)N2C(=O)Nc1ccc(OC[C@H]2COC(C)(C)O2)cn1. The third-order valence-electron chi connectivity index (χ3n) is 7.25. The largest absolute Gasteiger partial charge is 0.489 e. The van der Waals surface area contributed by atoms with E-state index in [1.807, 2.05) is 13.8 Å². The Labute approximate surface area is 234 Å². The van der Waals surface area contributed by atoms with Crippen LogP contribution in [-0.4, -0.2) is 65.2 Å². The summed E-state index contributed by atoms with van der Waals surface area (Å²) in [7, 11) is 0. The Hall–Kier alpha value is -3.97. The van der Waals surface area contributed by atoms with Gasteiger partial charge in [-0.25, -0.2) is 19.7 Å². The van der Waals surface area contributed by atoms with Gasteiger partial charge in [-0.15, -0.1) is 0 Å². The lowest BCUT2D eigenvalue weighted by Crippen LogP contribution is -2.48. The standard InChI is InChI=1S/C28H29F3N6O4/c1-16-23-25(35-24(33-16)17-5-4-6-18(11-17)28(29,30)31)37(19-9-10-36(23)13-19)26(38)34-22-8-7-20(12-32-22)39-14-21-15-40-27(2,3)41-21/h4-8,11-12,19,21H,9-10,13-15H2,1-3H3,(H,32,34,38)/t19?,21-/m0/s1. The zero-order valence-electron chi connectivity index (χ0n) is 22.7. The highest BCUT2D eigenvalue weighted by Gasteiger charge is 2.42. The number of alkyl halides is 3. The van der Waals surface area contributed by atoms with Crippen molar-refractivity contribution in [3.8, 4) is 17.1 Å². The summed E-state index contributed by atoms with van der Waals surface area (Å²) >= 11 is 0. The summed E-state index contributed by atoms with van der Waals surface area (Å²) < 4.78 is 57.1. The van der Waals surface area contributed by atoms with Crippen molar-refractivity contribution in [1.82, 2.24) is 15.0 Å². The summed E-state index contributed by atoms with van der Waals surface area (Å²) in [5.74, 6) is 0.668.